The van der Waals surface area contributed by atoms with Crippen LogP contribution < -0.4 is 20.7 Å². The molecular formula is C29H31F2N7O3S. The van der Waals surface area contributed by atoms with Crippen molar-refractivity contribution in [1.29, 1.82) is 0 Å². The average molecular weight is 596 g/mol. The second-order valence-electron chi connectivity index (χ2n) is 10.2. The van der Waals surface area contributed by atoms with Crippen molar-refractivity contribution in [3.8, 4) is 11.6 Å². The summed E-state index contributed by atoms with van der Waals surface area (Å²) in [6.45, 7) is 3.72. The van der Waals surface area contributed by atoms with Crippen LogP contribution in [0.3, 0.4) is 0 Å². The number of hydrogen-bond acceptors (Lipinski definition) is 7. The van der Waals surface area contributed by atoms with E-state index in [1.54, 1.807) is 0 Å². The molecule has 0 bridgehead atoms. The third-order valence-corrected chi connectivity index (χ3v) is 7.32. The Morgan fingerprint density at radius 1 is 0.976 bits per heavy atom. The van der Waals surface area contributed by atoms with Gasteiger partial charge in [0.2, 0.25) is 11.8 Å². The molecule has 0 unspecified atom stereocenters. The van der Waals surface area contributed by atoms with Crippen molar-refractivity contribution >= 4 is 40.8 Å². The number of rotatable bonds is 8. The van der Waals surface area contributed by atoms with Crippen LogP contribution in [0.1, 0.15) is 31.2 Å². The zero-order chi connectivity index (χ0) is 29.5. The maximum Gasteiger partial charge on any atom is 0.323 e. The molecule has 1 atom stereocenters. The van der Waals surface area contributed by atoms with Gasteiger partial charge in [0, 0.05) is 37.0 Å². The Labute approximate surface area is 247 Å². The zero-order valence-electron chi connectivity index (χ0n) is 22.8. The summed E-state index contributed by atoms with van der Waals surface area (Å²) in [7, 11) is 0. The number of nitrogens with zero attached hydrogens (tertiary/aromatic N) is 4. The first-order chi connectivity index (χ1) is 20.3. The van der Waals surface area contributed by atoms with Crippen LogP contribution in [0.15, 0.2) is 54.9 Å². The van der Waals surface area contributed by atoms with Crippen LogP contribution in [0.5, 0.6) is 11.6 Å². The van der Waals surface area contributed by atoms with E-state index in [0.29, 0.717) is 12.1 Å². The van der Waals surface area contributed by atoms with Crippen molar-refractivity contribution in [3.05, 3.63) is 72.1 Å². The summed E-state index contributed by atoms with van der Waals surface area (Å²) >= 11 is 5.15. The molecule has 220 valence electrons. The minimum Gasteiger partial charge on any atom is -0.436 e. The number of likely N-dealkylation sites (tertiary alicyclic amines) is 2. The highest BCUT2D eigenvalue weighted by atomic mass is 32.1. The molecule has 0 radical (unpaired) electrons. The average Bonchev–Trinajstić information content (AvgIpc) is 3.64. The van der Waals surface area contributed by atoms with Crippen molar-refractivity contribution in [2.24, 2.45) is 0 Å². The number of halogens is 2. The highest BCUT2D eigenvalue weighted by Crippen LogP contribution is 2.27. The van der Waals surface area contributed by atoms with Gasteiger partial charge < -0.3 is 25.2 Å². The third-order valence-electron chi connectivity index (χ3n) is 7.12. The normalized spacial score (nSPS) is 16.7. The smallest absolute Gasteiger partial charge is 0.323 e. The molecular weight excluding hydrogens is 564 g/mol. The molecule has 13 heteroatoms. The number of nitrogens with one attached hydrogen (secondary N) is 3. The zero-order valence-corrected chi connectivity index (χ0v) is 23.6. The Kier molecular flexibility index (Phi) is 9.49. The van der Waals surface area contributed by atoms with Crippen molar-refractivity contribution < 1.29 is 23.1 Å². The lowest BCUT2D eigenvalue weighted by molar-refractivity contribution is -0.119. The Hall–Kier alpha value is -4.23. The van der Waals surface area contributed by atoms with E-state index in [4.69, 9.17) is 17.0 Å². The van der Waals surface area contributed by atoms with Crippen molar-refractivity contribution in [3.63, 3.8) is 0 Å². The highest BCUT2D eigenvalue weighted by molar-refractivity contribution is 7.80. The molecule has 2 aliphatic heterocycles. The number of carbonyl (C=O) groups is 2. The standard InChI is InChI=1S/C29H31F2N7O3S/c30-20-7-5-19(6-8-20)14-26(39)36-28(42)34-21-9-10-24(23(31)15-21)41-27-16-25(32-18-33-27)35-29(40)38-13-3-4-22(38)17-37-11-1-2-12-37/h5-10,15-16,18,22H,1-4,11-14,17H2,(H,32,33,35,40)(H2,34,36,39,42)/t22-/m1/s1. The van der Waals surface area contributed by atoms with E-state index in [-0.39, 0.29) is 46.7 Å². The van der Waals surface area contributed by atoms with Crippen molar-refractivity contribution in [2.45, 2.75) is 38.1 Å². The Balaban J connectivity index is 1.13. The van der Waals surface area contributed by atoms with Crippen LogP contribution >= 0.6 is 12.2 Å². The van der Waals surface area contributed by atoms with Gasteiger partial charge in [-0.3, -0.25) is 10.1 Å². The fourth-order valence-electron chi connectivity index (χ4n) is 5.10. The van der Waals surface area contributed by atoms with Crippen molar-refractivity contribution in [1.82, 2.24) is 25.1 Å². The molecule has 10 nitrogen and oxygen atoms in total. The van der Waals surface area contributed by atoms with Crippen LogP contribution in [0, 0.1) is 11.6 Å². The van der Waals surface area contributed by atoms with Crippen LogP contribution in [0.4, 0.5) is 25.1 Å². The largest absolute Gasteiger partial charge is 0.436 e. The number of aromatic nitrogens is 2. The second kappa shape index (κ2) is 13.6. The summed E-state index contributed by atoms with van der Waals surface area (Å²) in [6.07, 6.45) is 5.57. The summed E-state index contributed by atoms with van der Waals surface area (Å²) in [6, 6.07) is 11.0. The number of hydrogen-bond donors (Lipinski definition) is 3. The van der Waals surface area contributed by atoms with E-state index in [9.17, 15) is 18.4 Å². The van der Waals surface area contributed by atoms with Crippen LogP contribution in [0.2, 0.25) is 0 Å². The summed E-state index contributed by atoms with van der Waals surface area (Å²) in [4.78, 5) is 37.6. The van der Waals surface area contributed by atoms with Gasteiger partial charge >= 0.3 is 6.03 Å². The van der Waals surface area contributed by atoms with Gasteiger partial charge in [0.15, 0.2) is 16.7 Å². The SMILES string of the molecule is O=C(Cc1ccc(F)cc1)NC(=S)Nc1ccc(Oc2cc(NC(=O)N3CCC[C@@H]3CN3CCCC3)ncn2)c(F)c1. The van der Waals surface area contributed by atoms with E-state index in [1.165, 1.54) is 61.6 Å². The Morgan fingerprint density at radius 2 is 1.76 bits per heavy atom. The molecule has 3 aromatic rings. The number of urea groups is 1. The lowest BCUT2D eigenvalue weighted by Gasteiger charge is -2.28. The predicted molar refractivity (Wildman–Crippen MR) is 157 cm³/mol. The monoisotopic (exact) mass is 595 g/mol. The minimum atomic E-state index is -0.702. The van der Waals surface area contributed by atoms with E-state index in [0.717, 1.165) is 38.5 Å². The fraction of sp³-hybridized carbons (Fsp3) is 0.345. The third kappa shape index (κ3) is 7.95. The van der Waals surface area contributed by atoms with Crippen LogP contribution in [-0.4, -0.2) is 69.0 Å². The van der Waals surface area contributed by atoms with Crippen molar-refractivity contribution in [2.75, 3.05) is 36.8 Å². The molecule has 2 fully saturated rings. The van der Waals surface area contributed by atoms with Gasteiger partial charge in [0.1, 0.15) is 18.0 Å². The maximum atomic E-state index is 14.8. The second-order valence-corrected chi connectivity index (χ2v) is 10.6. The molecule has 0 aliphatic carbocycles. The summed E-state index contributed by atoms with van der Waals surface area (Å²) in [5, 5.41) is 8.04. The molecule has 3 amide bonds. The van der Waals surface area contributed by atoms with Gasteiger partial charge in [-0.25, -0.2) is 23.5 Å². The van der Waals surface area contributed by atoms with Crippen LogP contribution in [-0.2, 0) is 11.2 Å². The fourth-order valence-corrected chi connectivity index (χ4v) is 5.33. The molecule has 3 heterocycles. The first kappa shape index (κ1) is 29.3. The minimum absolute atomic E-state index is 0.00182. The quantitative estimate of drug-likeness (QED) is 0.322. The number of thiocarbonyl (C=S) groups is 1. The Morgan fingerprint density at radius 3 is 2.52 bits per heavy atom. The molecule has 2 saturated heterocycles. The number of ether oxygens (including phenoxy) is 1. The molecule has 5 rings (SSSR count). The van der Waals surface area contributed by atoms with Gasteiger partial charge in [0.05, 0.1) is 6.42 Å². The lowest BCUT2D eigenvalue weighted by Crippen LogP contribution is -2.44. The molecule has 0 saturated carbocycles. The first-order valence-corrected chi connectivity index (χ1v) is 14.2. The number of anilines is 2. The van der Waals surface area contributed by atoms with Gasteiger partial charge in [-0.1, -0.05) is 12.1 Å². The van der Waals surface area contributed by atoms with E-state index in [1.807, 2.05) is 4.90 Å². The summed E-state index contributed by atoms with van der Waals surface area (Å²) < 4.78 is 33.5. The number of carbonyl (C=O) groups excluding carboxylic acids is 2. The topological polar surface area (TPSA) is 112 Å². The van der Waals surface area contributed by atoms with E-state index in [2.05, 4.69) is 30.8 Å². The summed E-state index contributed by atoms with van der Waals surface area (Å²) in [5.41, 5.74) is 0.908. The molecule has 1 aromatic heterocycles. The molecule has 2 aliphatic rings. The predicted octanol–water partition coefficient (Wildman–Crippen LogP) is 4.69. The molecule has 0 spiro atoms. The first-order valence-electron chi connectivity index (χ1n) is 13.8. The van der Waals surface area contributed by atoms with E-state index >= 15 is 0 Å². The molecule has 42 heavy (non-hydrogen) atoms. The molecule has 2 aromatic carbocycles. The van der Waals surface area contributed by atoms with E-state index < -0.39 is 17.5 Å². The van der Waals surface area contributed by atoms with Gasteiger partial charge in [-0.2, -0.15) is 0 Å². The maximum absolute atomic E-state index is 14.8. The molecule has 3 N–H and O–H groups in total. The Bertz CT molecular complexity index is 1440. The van der Waals surface area contributed by atoms with Gasteiger partial charge in [-0.05, 0) is 80.8 Å². The lowest BCUT2D eigenvalue weighted by atomic mass is 10.1. The van der Waals surface area contributed by atoms with Gasteiger partial charge in [-0.15, -0.1) is 0 Å². The highest BCUT2D eigenvalue weighted by Gasteiger charge is 2.31. The van der Waals surface area contributed by atoms with Gasteiger partial charge in [0.25, 0.3) is 0 Å². The number of amides is 3. The summed E-state index contributed by atoms with van der Waals surface area (Å²) in [5.74, 6) is -1.30. The van der Waals surface area contributed by atoms with Crippen LogP contribution in [0.25, 0.3) is 0 Å². The number of benzene rings is 2.